The molecule has 4 aromatic rings. The number of halogens is 4. The molecular formula is C66H92Cl4N4O26. The van der Waals surface area contributed by atoms with Crippen LogP contribution in [0, 0.1) is 0 Å². The lowest BCUT2D eigenvalue weighted by Crippen LogP contribution is -2.64. The predicted molar refractivity (Wildman–Crippen MR) is 357 cm³/mol. The van der Waals surface area contributed by atoms with Crippen molar-refractivity contribution in [1.29, 1.82) is 0 Å². The van der Waals surface area contributed by atoms with Gasteiger partial charge in [-0.2, -0.15) is 0 Å². The number of nitrogens with zero attached hydrogens (tertiary/aromatic N) is 4. The van der Waals surface area contributed by atoms with E-state index in [0.29, 0.717) is 23.1 Å². The molecule has 0 amide bonds. The highest BCUT2D eigenvalue weighted by Gasteiger charge is 2.53. The van der Waals surface area contributed by atoms with Gasteiger partial charge in [-0.3, -0.25) is 19.6 Å². The number of piperazine rings is 2. The molecule has 10 rings (SSSR count). The monoisotopic (exact) mass is 1500 g/mol. The van der Waals surface area contributed by atoms with Crippen molar-refractivity contribution in [2.75, 3.05) is 118 Å². The van der Waals surface area contributed by atoms with Gasteiger partial charge in [-0.1, -0.05) is 108 Å². The predicted octanol–water partition coefficient (Wildman–Crippen LogP) is -2.69. The van der Waals surface area contributed by atoms with Gasteiger partial charge in [-0.15, -0.1) is 24.8 Å². The Kier molecular flexibility index (Phi) is 33.7. The smallest absolute Gasteiger partial charge is 0.332 e. The van der Waals surface area contributed by atoms with Crippen LogP contribution >= 0.6 is 48.0 Å². The zero-order valence-corrected chi connectivity index (χ0v) is 57.5. The van der Waals surface area contributed by atoms with Gasteiger partial charge < -0.3 is 119 Å². The molecule has 0 unspecified atom stereocenters. The second-order valence-electron chi connectivity index (χ2n) is 24.6. The molecule has 0 bridgehead atoms. The van der Waals surface area contributed by atoms with Gasteiger partial charge in [-0.25, -0.2) is 9.59 Å². The first-order chi connectivity index (χ1) is 47.1. The third kappa shape index (κ3) is 22.0. The maximum atomic E-state index is 12.5. The first-order valence-corrected chi connectivity index (χ1v) is 33.2. The molecule has 6 saturated heterocycles. The average molecular weight is 1500 g/mol. The molecule has 100 heavy (non-hydrogen) atoms. The van der Waals surface area contributed by atoms with Crippen molar-refractivity contribution < 1.29 is 128 Å². The van der Waals surface area contributed by atoms with Crippen molar-refractivity contribution in [3.8, 4) is 0 Å². The molecule has 0 radical (unpaired) electrons. The van der Waals surface area contributed by atoms with E-state index >= 15 is 0 Å². The Morgan fingerprint density at radius 2 is 0.760 bits per heavy atom. The van der Waals surface area contributed by atoms with Gasteiger partial charge in [0.25, 0.3) is 0 Å². The van der Waals surface area contributed by atoms with E-state index < -0.39 is 161 Å². The van der Waals surface area contributed by atoms with Gasteiger partial charge in [0.05, 0.1) is 38.5 Å². The fourth-order valence-corrected chi connectivity index (χ4v) is 12.8. The lowest BCUT2D eigenvalue weighted by molar-refractivity contribution is -0.355. The van der Waals surface area contributed by atoms with Crippen LogP contribution in [0.1, 0.15) is 34.3 Å². The van der Waals surface area contributed by atoms with Crippen molar-refractivity contribution in [1.82, 2.24) is 19.6 Å². The summed E-state index contributed by atoms with van der Waals surface area (Å²) in [5.41, 5.74) is 4.73. The summed E-state index contributed by atoms with van der Waals surface area (Å²) >= 11 is 12.3. The summed E-state index contributed by atoms with van der Waals surface area (Å²) in [7, 11) is 0. The number of rotatable bonds is 26. The van der Waals surface area contributed by atoms with Crippen molar-refractivity contribution in [3.63, 3.8) is 0 Å². The van der Waals surface area contributed by atoms with E-state index in [1.54, 1.807) is 0 Å². The molecule has 30 nitrogen and oxygen atoms in total. The molecule has 34 heteroatoms. The molecule has 6 fully saturated rings. The minimum atomic E-state index is -1.85. The number of hydrogen-bond donors (Lipinski definition) is 14. The molecular weight excluding hydrogens is 1410 g/mol. The number of hydrogen-bond acceptors (Lipinski definition) is 30. The van der Waals surface area contributed by atoms with Crippen LogP contribution in [0.25, 0.3) is 0 Å². The Morgan fingerprint density at radius 1 is 0.410 bits per heavy atom. The van der Waals surface area contributed by atoms with Crippen LogP contribution in [0.15, 0.2) is 109 Å². The molecule has 6 aliphatic heterocycles. The van der Waals surface area contributed by atoms with Crippen molar-refractivity contribution >= 4 is 60.0 Å². The summed E-state index contributed by atoms with van der Waals surface area (Å²) < 4.78 is 53.7. The van der Waals surface area contributed by atoms with Crippen molar-refractivity contribution in [2.24, 2.45) is 0 Å². The molecule has 6 heterocycles. The van der Waals surface area contributed by atoms with E-state index in [1.807, 2.05) is 60.7 Å². The number of aliphatic hydroxyl groups excluding tert-OH is 14. The maximum absolute atomic E-state index is 12.5. The third-order valence-corrected chi connectivity index (χ3v) is 18.6. The van der Waals surface area contributed by atoms with Gasteiger partial charge in [0, 0.05) is 75.5 Å². The van der Waals surface area contributed by atoms with Crippen LogP contribution in [0.5, 0.6) is 0 Å². The van der Waals surface area contributed by atoms with E-state index in [4.69, 9.17) is 70.6 Å². The normalized spacial score (nSPS) is 33.0. The van der Waals surface area contributed by atoms with Crippen molar-refractivity contribution in [2.45, 2.75) is 135 Å². The summed E-state index contributed by atoms with van der Waals surface area (Å²) in [5, 5.41) is 143. The first-order valence-electron chi connectivity index (χ1n) is 32.5. The van der Waals surface area contributed by atoms with Crippen LogP contribution in [-0.2, 0) is 57.0 Å². The molecule has 4 aromatic carbocycles. The van der Waals surface area contributed by atoms with E-state index in [2.05, 4.69) is 68.1 Å². The SMILES string of the molecule is Cl.Cl.O=C(COCCN1CCN([C@H](c2ccccc2)c2ccc(Cl)cc2)CC1)OC[C@H]1O[C@@H](O)[C@H](O)[C@@H](O)[C@@H]1O[C@@H]1O[C@H](CO)[C@H](O)[C@H](O)[C@H]1O.O=C(COCCN1CCN([C@H](c2ccccc2)c2ccc(Cl)cc2)CC1)OC[C@H]1O[C@@H](O[C@H]2[C@H](O)[C@@H](O)[C@H](O)O[C@@H]2CO)[C@H](O)[C@@H](O)[C@H]1O. The highest BCUT2D eigenvalue weighted by Crippen LogP contribution is 2.35. The fraction of sp³-hybridized carbons (Fsp3) is 0.606. The van der Waals surface area contributed by atoms with Crippen LogP contribution in [0.4, 0.5) is 0 Å². The highest BCUT2D eigenvalue weighted by atomic mass is 35.5. The van der Waals surface area contributed by atoms with Gasteiger partial charge in [0.2, 0.25) is 0 Å². The Labute approximate surface area is 599 Å². The van der Waals surface area contributed by atoms with E-state index in [-0.39, 0.29) is 63.3 Å². The minimum absolute atomic E-state index is 0. The van der Waals surface area contributed by atoms with E-state index in [9.17, 15) is 81.1 Å². The number of carbonyl (C=O) groups excluding carboxylic acids is 2. The molecule has 22 atom stereocenters. The standard InChI is InChI=1S/2C33H45ClN2O13.2ClH/c34-21-8-6-20(7-9-21)25(19-4-2-1-3-5-19)36-12-10-35(11-13-36)14-15-45-18-24(38)46-17-23-26(39)27(40)30(43)33(48-23)49-31-22(16-37)47-32(44)29(42)28(31)41;34-21-8-6-20(7-9-21)25(19-4-2-1-3-5-19)36-12-10-35(11-13-36)14-15-45-18-24(38)46-17-23-31(28(41)29(42)32(44)47-23)49-33-30(43)27(40)26(39)22(16-37)48-33;;/h2*1-9,22-23,25-33,37,39-44H,10-18H2;2*1H/t2*22-,23-,25-,26+,27+,28-,29-,30-,31-,32-,33+;;/m11../s1. The Bertz CT molecular complexity index is 3010. The quantitative estimate of drug-likeness (QED) is 0.0225. The summed E-state index contributed by atoms with van der Waals surface area (Å²) in [6, 6.07) is 36.7. The average Bonchev–Trinajstić information content (AvgIpc) is 0.804. The lowest BCUT2D eigenvalue weighted by atomic mass is 9.96. The molecule has 560 valence electrons. The number of carbonyl (C=O) groups is 2. The first kappa shape index (κ1) is 83.2. The second kappa shape index (κ2) is 40.4. The highest BCUT2D eigenvalue weighted by molar-refractivity contribution is 6.30. The molecule has 0 spiro atoms. The van der Waals surface area contributed by atoms with Gasteiger partial charge in [0.1, 0.15) is 124 Å². The molecule has 0 saturated carbocycles. The number of aliphatic hydroxyl groups is 14. The fourth-order valence-electron chi connectivity index (χ4n) is 12.5. The van der Waals surface area contributed by atoms with Crippen LogP contribution in [0.2, 0.25) is 10.0 Å². The zero-order valence-electron chi connectivity index (χ0n) is 54.3. The van der Waals surface area contributed by atoms with E-state index in [1.165, 1.54) is 16.7 Å². The van der Waals surface area contributed by atoms with Gasteiger partial charge in [0.15, 0.2) is 25.2 Å². The number of ether oxygens (including phenoxy) is 10. The maximum Gasteiger partial charge on any atom is 0.332 e. The largest absolute Gasteiger partial charge is 0.461 e. The third-order valence-electron chi connectivity index (χ3n) is 18.1. The Hall–Kier alpha value is -4.06. The molecule has 0 aliphatic carbocycles. The molecule has 14 N–H and O–H groups in total. The summed E-state index contributed by atoms with van der Waals surface area (Å²) in [6.07, 6.45) is -32.9. The number of benzene rings is 4. The Balaban J connectivity index is 0.000000275. The second-order valence-corrected chi connectivity index (χ2v) is 25.5. The van der Waals surface area contributed by atoms with Crippen molar-refractivity contribution in [3.05, 3.63) is 141 Å². The zero-order chi connectivity index (χ0) is 70.2. The van der Waals surface area contributed by atoms with Crippen LogP contribution < -0.4 is 0 Å². The Morgan fingerprint density at radius 3 is 1.16 bits per heavy atom. The van der Waals surface area contributed by atoms with Gasteiger partial charge in [-0.05, 0) is 46.5 Å². The minimum Gasteiger partial charge on any atom is -0.461 e. The molecule has 0 aromatic heterocycles. The molecule has 6 aliphatic rings. The summed E-state index contributed by atoms with van der Waals surface area (Å²) in [6.45, 7) is 4.99. The van der Waals surface area contributed by atoms with E-state index in [0.717, 1.165) is 57.9 Å². The summed E-state index contributed by atoms with van der Waals surface area (Å²) in [4.78, 5) is 34.2. The van der Waals surface area contributed by atoms with Gasteiger partial charge >= 0.3 is 11.9 Å². The lowest BCUT2D eigenvalue weighted by Gasteiger charge is -2.45. The summed E-state index contributed by atoms with van der Waals surface area (Å²) in [5.74, 6) is -1.51. The number of esters is 2. The van der Waals surface area contributed by atoms with Crippen LogP contribution in [0.3, 0.4) is 0 Å². The topological polar surface area (TPSA) is 423 Å². The van der Waals surface area contributed by atoms with Crippen LogP contribution in [-0.4, -0.2) is 344 Å².